The van der Waals surface area contributed by atoms with Crippen molar-refractivity contribution < 1.29 is 0 Å². The highest BCUT2D eigenvalue weighted by Crippen LogP contribution is 2.24. The normalized spacial score (nSPS) is 11.0. The van der Waals surface area contributed by atoms with Gasteiger partial charge in [0.05, 0.1) is 5.52 Å². The van der Waals surface area contributed by atoms with Crippen LogP contribution in [0.4, 0.5) is 5.69 Å². The van der Waals surface area contributed by atoms with Gasteiger partial charge in [0, 0.05) is 41.9 Å². The fourth-order valence-electron chi connectivity index (χ4n) is 3.04. The third-order valence-corrected chi connectivity index (χ3v) is 4.50. The zero-order valence-electron chi connectivity index (χ0n) is 15.0. The Labute approximate surface area is 152 Å². The van der Waals surface area contributed by atoms with Crippen LogP contribution >= 0.6 is 0 Å². The second-order valence-corrected chi connectivity index (χ2v) is 6.25. The van der Waals surface area contributed by atoms with Crippen LogP contribution in [0.2, 0.25) is 0 Å². The van der Waals surface area contributed by atoms with Crippen molar-refractivity contribution in [3.8, 4) is 5.82 Å². The summed E-state index contributed by atoms with van der Waals surface area (Å²) in [4.78, 5) is 13.5. The molecule has 0 aliphatic carbocycles. The molecule has 4 rings (SSSR count). The highest BCUT2D eigenvalue weighted by Gasteiger charge is 2.06. The Balaban J connectivity index is 1.56. The molecule has 5 heteroatoms. The largest absolute Gasteiger partial charge is 0.380 e. The van der Waals surface area contributed by atoms with E-state index in [1.807, 2.05) is 42.1 Å². The van der Waals surface area contributed by atoms with E-state index in [1.165, 1.54) is 0 Å². The number of nitrogens with zero attached hydrogens (tertiary/aromatic N) is 4. The summed E-state index contributed by atoms with van der Waals surface area (Å²) in [6.45, 7) is 4.81. The van der Waals surface area contributed by atoms with E-state index in [9.17, 15) is 0 Å². The van der Waals surface area contributed by atoms with E-state index in [0.29, 0.717) is 6.54 Å². The van der Waals surface area contributed by atoms with Crippen molar-refractivity contribution >= 4 is 16.6 Å². The van der Waals surface area contributed by atoms with Crippen LogP contribution in [0.1, 0.15) is 24.0 Å². The molecule has 3 aromatic heterocycles. The van der Waals surface area contributed by atoms with Gasteiger partial charge in [0.1, 0.15) is 11.6 Å². The van der Waals surface area contributed by atoms with E-state index < -0.39 is 0 Å². The van der Waals surface area contributed by atoms with E-state index in [-0.39, 0.29) is 0 Å². The molecular weight excluding hydrogens is 322 g/mol. The summed E-state index contributed by atoms with van der Waals surface area (Å²) >= 11 is 0. The molecule has 3 heterocycles. The highest BCUT2D eigenvalue weighted by molar-refractivity contribution is 5.91. The Kier molecular flexibility index (Phi) is 4.35. The van der Waals surface area contributed by atoms with Crippen LogP contribution in [-0.4, -0.2) is 19.5 Å². The van der Waals surface area contributed by atoms with Crippen molar-refractivity contribution in [3.63, 3.8) is 0 Å². The standard InChI is InChI=1S/C21H21N5/c1-3-17-12-20(18-6-4-5-7-19(18)25-17)23-13-16-8-9-21(24-14-16)26-11-10-22-15(26)2/h4-12,14H,3,13H2,1-2H3,(H,23,25). The maximum atomic E-state index is 4.70. The fraction of sp³-hybridized carbons (Fsp3) is 0.190. The lowest BCUT2D eigenvalue weighted by atomic mass is 10.1. The zero-order valence-corrected chi connectivity index (χ0v) is 15.0. The summed E-state index contributed by atoms with van der Waals surface area (Å²) in [5.41, 5.74) is 4.36. The maximum Gasteiger partial charge on any atom is 0.137 e. The number of pyridine rings is 2. The van der Waals surface area contributed by atoms with E-state index in [0.717, 1.165) is 45.9 Å². The van der Waals surface area contributed by atoms with Gasteiger partial charge in [-0.2, -0.15) is 0 Å². The molecule has 0 aliphatic rings. The lowest BCUT2D eigenvalue weighted by Crippen LogP contribution is -2.04. The first-order valence-electron chi connectivity index (χ1n) is 8.82. The Morgan fingerprint density at radius 3 is 2.69 bits per heavy atom. The molecule has 0 spiro atoms. The Morgan fingerprint density at radius 2 is 1.96 bits per heavy atom. The number of aryl methyl sites for hydroxylation is 2. The molecule has 1 aromatic carbocycles. The summed E-state index contributed by atoms with van der Waals surface area (Å²) in [6, 6.07) is 14.5. The number of aromatic nitrogens is 4. The van der Waals surface area contributed by atoms with Gasteiger partial charge in [-0.15, -0.1) is 0 Å². The monoisotopic (exact) mass is 343 g/mol. The first-order valence-corrected chi connectivity index (χ1v) is 8.82. The van der Waals surface area contributed by atoms with Crippen molar-refractivity contribution in [1.29, 1.82) is 0 Å². The van der Waals surface area contributed by atoms with Crippen molar-refractivity contribution in [2.75, 3.05) is 5.32 Å². The van der Waals surface area contributed by atoms with Gasteiger partial charge >= 0.3 is 0 Å². The molecular formula is C21H21N5. The molecule has 0 bridgehead atoms. The minimum atomic E-state index is 0.716. The molecule has 26 heavy (non-hydrogen) atoms. The molecule has 130 valence electrons. The summed E-state index contributed by atoms with van der Waals surface area (Å²) in [5.74, 6) is 1.81. The van der Waals surface area contributed by atoms with Gasteiger partial charge in [-0.05, 0) is 37.1 Å². The first kappa shape index (κ1) is 16.3. The van der Waals surface area contributed by atoms with E-state index >= 15 is 0 Å². The number of benzene rings is 1. The number of hydrogen-bond acceptors (Lipinski definition) is 4. The van der Waals surface area contributed by atoms with Gasteiger partial charge < -0.3 is 5.32 Å². The molecule has 0 radical (unpaired) electrons. The highest BCUT2D eigenvalue weighted by atomic mass is 15.1. The number of fused-ring (bicyclic) bond motifs is 1. The van der Waals surface area contributed by atoms with Crippen molar-refractivity contribution in [2.24, 2.45) is 0 Å². The van der Waals surface area contributed by atoms with Gasteiger partial charge in [0.25, 0.3) is 0 Å². The van der Waals surface area contributed by atoms with Gasteiger partial charge in [0.2, 0.25) is 0 Å². The maximum absolute atomic E-state index is 4.70. The number of anilines is 1. The van der Waals surface area contributed by atoms with E-state index in [2.05, 4.69) is 46.5 Å². The van der Waals surface area contributed by atoms with Crippen molar-refractivity contribution in [2.45, 2.75) is 26.8 Å². The molecule has 0 saturated carbocycles. The molecule has 0 fully saturated rings. The average molecular weight is 343 g/mol. The molecule has 4 aromatic rings. The SMILES string of the molecule is CCc1cc(NCc2ccc(-n3ccnc3C)nc2)c2ccccc2n1. The predicted octanol–water partition coefficient (Wildman–Crippen LogP) is 4.30. The van der Waals surface area contributed by atoms with Crippen LogP contribution in [0.3, 0.4) is 0 Å². The molecule has 0 saturated heterocycles. The predicted molar refractivity (Wildman–Crippen MR) is 105 cm³/mol. The Bertz CT molecular complexity index is 1030. The van der Waals surface area contributed by atoms with Gasteiger partial charge in [-0.1, -0.05) is 31.2 Å². The fourth-order valence-corrected chi connectivity index (χ4v) is 3.04. The Morgan fingerprint density at radius 1 is 1.08 bits per heavy atom. The third kappa shape index (κ3) is 3.16. The first-order chi connectivity index (χ1) is 12.7. The van der Waals surface area contributed by atoms with Gasteiger partial charge in [-0.3, -0.25) is 9.55 Å². The molecule has 0 unspecified atom stereocenters. The summed E-state index contributed by atoms with van der Waals surface area (Å²) < 4.78 is 1.97. The van der Waals surface area contributed by atoms with Gasteiger partial charge in [-0.25, -0.2) is 9.97 Å². The minimum Gasteiger partial charge on any atom is -0.380 e. The van der Waals surface area contributed by atoms with Crippen molar-refractivity contribution in [3.05, 3.63) is 78.1 Å². The van der Waals surface area contributed by atoms with E-state index in [1.54, 1.807) is 6.20 Å². The lowest BCUT2D eigenvalue weighted by Gasteiger charge is -2.12. The number of hydrogen-bond donors (Lipinski definition) is 1. The van der Waals surface area contributed by atoms with Crippen LogP contribution in [0.25, 0.3) is 16.7 Å². The third-order valence-electron chi connectivity index (χ3n) is 4.50. The number of imidazole rings is 1. The number of nitrogens with one attached hydrogen (secondary N) is 1. The molecule has 0 amide bonds. The van der Waals surface area contributed by atoms with Crippen LogP contribution in [0, 0.1) is 6.92 Å². The smallest absolute Gasteiger partial charge is 0.137 e. The topological polar surface area (TPSA) is 55.6 Å². The quantitative estimate of drug-likeness (QED) is 0.587. The minimum absolute atomic E-state index is 0.716. The lowest BCUT2D eigenvalue weighted by molar-refractivity contribution is 0.926. The second kappa shape index (κ2) is 6.96. The van der Waals surface area contributed by atoms with Crippen LogP contribution in [0.15, 0.2) is 61.1 Å². The van der Waals surface area contributed by atoms with Crippen LogP contribution in [0.5, 0.6) is 0 Å². The Hall–Kier alpha value is -3.21. The van der Waals surface area contributed by atoms with E-state index in [4.69, 9.17) is 4.98 Å². The summed E-state index contributed by atoms with van der Waals surface area (Å²) in [7, 11) is 0. The molecule has 0 atom stereocenters. The number of para-hydroxylation sites is 1. The van der Waals surface area contributed by atoms with Crippen LogP contribution < -0.4 is 5.32 Å². The molecule has 1 N–H and O–H groups in total. The second-order valence-electron chi connectivity index (χ2n) is 6.25. The molecule has 5 nitrogen and oxygen atoms in total. The van der Waals surface area contributed by atoms with Crippen molar-refractivity contribution in [1.82, 2.24) is 19.5 Å². The summed E-state index contributed by atoms with van der Waals surface area (Å²) in [5, 5.41) is 4.69. The number of rotatable bonds is 5. The van der Waals surface area contributed by atoms with Crippen LogP contribution in [-0.2, 0) is 13.0 Å². The summed E-state index contributed by atoms with van der Waals surface area (Å²) in [6.07, 6.45) is 6.53. The average Bonchev–Trinajstić information content (AvgIpc) is 3.12. The zero-order chi connectivity index (χ0) is 17.9. The molecule has 0 aliphatic heterocycles. The van der Waals surface area contributed by atoms with Gasteiger partial charge in [0.15, 0.2) is 0 Å².